The number of ketones is 1. The van der Waals surface area contributed by atoms with E-state index in [1.54, 1.807) is 54.6 Å². The largest absolute Gasteiger partial charge is 0.423 e. The van der Waals surface area contributed by atoms with E-state index in [2.05, 4.69) is 0 Å². The molecule has 0 aromatic heterocycles. The van der Waals surface area contributed by atoms with Gasteiger partial charge in [-0.3, -0.25) is 4.79 Å². The van der Waals surface area contributed by atoms with Gasteiger partial charge >= 0.3 is 5.97 Å². The van der Waals surface area contributed by atoms with Gasteiger partial charge in [0.25, 0.3) is 0 Å². The van der Waals surface area contributed by atoms with Gasteiger partial charge in [0, 0.05) is 11.1 Å². The molecule has 3 nitrogen and oxygen atoms in total. The summed E-state index contributed by atoms with van der Waals surface area (Å²) in [7, 11) is 0. The molecule has 0 saturated heterocycles. The van der Waals surface area contributed by atoms with Gasteiger partial charge in [-0.2, -0.15) is 0 Å². The van der Waals surface area contributed by atoms with E-state index in [0.717, 1.165) is 5.56 Å². The van der Waals surface area contributed by atoms with E-state index >= 15 is 0 Å². The molecule has 0 unspecified atom stereocenters. The SMILES string of the molecule is Cc1ccc(C(=O)Oc2ccc(C(=O)C=Cc3ccccc3F)cc2)cc1. The van der Waals surface area contributed by atoms with Crippen molar-refractivity contribution in [2.75, 3.05) is 0 Å². The van der Waals surface area contributed by atoms with Crippen LogP contribution < -0.4 is 4.74 Å². The maximum absolute atomic E-state index is 13.6. The molecule has 4 heteroatoms. The summed E-state index contributed by atoms with van der Waals surface area (Å²) < 4.78 is 18.9. The summed E-state index contributed by atoms with van der Waals surface area (Å²) in [5, 5.41) is 0. The van der Waals surface area contributed by atoms with Gasteiger partial charge in [-0.05, 0) is 61.5 Å². The van der Waals surface area contributed by atoms with E-state index in [1.807, 2.05) is 19.1 Å². The van der Waals surface area contributed by atoms with E-state index in [0.29, 0.717) is 22.4 Å². The summed E-state index contributed by atoms with van der Waals surface area (Å²) >= 11 is 0. The van der Waals surface area contributed by atoms with Crippen molar-refractivity contribution in [2.24, 2.45) is 0 Å². The summed E-state index contributed by atoms with van der Waals surface area (Å²) in [5.41, 5.74) is 2.26. The van der Waals surface area contributed by atoms with E-state index in [4.69, 9.17) is 4.74 Å². The summed E-state index contributed by atoms with van der Waals surface area (Å²) in [6, 6.07) is 19.5. The topological polar surface area (TPSA) is 43.4 Å². The second kappa shape index (κ2) is 8.23. The Labute approximate surface area is 156 Å². The molecule has 0 bridgehead atoms. The Balaban J connectivity index is 1.66. The van der Waals surface area contributed by atoms with Crippen LogP contribution in [-0.2, 0) is 0 Å². The van der Waals surface area contributed by atoms with Crippen LogP contribution in [0.25, 0.3) is 6.08 Å². The number of rotatable bonds is 5. The molecule has 0 saturated carbocycles. The molecular formula is C23H17FO3. The number of esters is 1. The van der Waals surface area contributed by atoms with Crippen molar-refractivity contribution in [2.45, 2.75) is 6.92 Å². The van der Waals surface area contributed by atoms with Crippen LogP contribution >= 0.6 is 0 Å². The first kappa shape index (κ1) is 18.3. The molecule has 134 valence electrons. The zero-order valence-electron chi connectivity index (χ0n) is 14.7. The highest BCUT2D eigenvalue weighted by Crippen LogP contribution is 2.16. The Morgan fingerprint density at radius 2 is 1.48 bits per heavy atom. The van der Waals surface area contributed by atoms with Crippen molar-refractivity contribution < 1.29 is 18.7 Å². The van der Waals surface area contributed by atoms with Gasteiger partial charge in [-0.25, -0.2) is 9.18 Å². The molecule has 3 aromatic carbocycles. The second-order valence-corrected chi connectivity index (χ2v) is 6.00. The first-order valence-electron chi connectivity index (χ1n) is 8.39. The molecule has 0 aliphatic rings. The first-order valence-corrected chi connectivity index (χ1v) is 8.39. The highest BCUT2D eigenvalue weighted by atomic mass is 19.1. The van der Waals surface area contributed by atoms with Crippen molar-refractivity contribution in [1.29, 1.82) is 0 Å². The highest BCUT2D eigenvalue weighted by molar-refractivity contribution is 6.06. The minimum atomic E-state index is -0.464. The van der Waals surface area contributed by atoms with Crippen molar-refractivity contribution in [3.63, 3.8) is 0 Å². The molecule has 3 aromatic rings. The Morgan fingerprint density at radius 3 is 2.15 bits per heavy atom. The maximum Gasteiger partial charge on any atom is 0.343 e. The van der Waals surface area contributed by atoms with E-state index < -0.39 is 5.97 Å². The van der Waals surface area contributed by atoms with Gasteiger partial charge in [0.15, 0.2) is 5.78 Å². The van der Waals surface area contributed by atoms with Gasteiger partial charge in [0.1, 0.15) is 11.6 Å². The molecule has 0 radical (unpaired) electrons. The van der Waals surface area contributed by atoms with Crippen LogP contribution in [0.5, 0.6) is 5.75 Å². The lowest BCUT2D eigenvalue weighted by atomic mass is 10.1. The quantitative estimate of drug-likeness (QED) is 0.270. The van der Waals surface area contributed by atoms with Gasteiger partial charge in [-0.1, -0.05) is 35.9 Å². The lowest BCUT2D eigenvalue weighted by Crippen LogP contribution is -2.08. The predicted octanol–water partition coefficient (Wildman–Crippen LogP) is 5.25. The minimum absolute atomic E-state index is 0.269. The predicted molar refractivity (Wildman–Crippen MR) is 102 cm³/mol. The number of halogens is 1. The summed E-state index contributed by atoms with van der Waals surface area (Å²) in [6.07, 6.45) is 2.74. The van der Waals surface area contributed by atoms with Gasteiger partial charge < -0.3 is 4.74 Å². The molecule has 0 fully saturated rings. The number of ether oxygens (including phenoxy) is 1. The molecule has 0 aliphatic carbocycles. The van der Waals surface area contributed by atoms with Gasteiger partial charge in [0.05, 0.1) is 5.56 Å². The summed E-state index contributed by atoms with van der Waals surface area (Å²) in [5.74, 6) is -0.779. The second-order valence-electron chi connectivity index (χ2n) is 6.00. The number of hydrogen-bond donors (Lipinski definition) is 0. The molecular weight excluding hydrogens is 343 g/mol. The maximum atomic E-state index is 13.6. The number of carbonyl (C=O) groups is 2. The molecule has 0 aliphatic heterocycles. The first-order chi connectivity index (χ1) is 13.0. The highest BCUT2D eigenvalue weighted by Gasteiger charge is 2.09. The molecule has 0 amide bonds. The van der Waals surface area contributed by atoms with Gasteiger partial charge in [0.2, 0.25) is 0 Å². The zero-order chi connectivity index (χ0) is 19.2. The van der Waals surface area contributed by atoms with Crippen LogP contribution in [-0.4, -0.2) is 11.8 Å². The number of hydrogen-bond acceptors (Lipinski definition) is 3. The Bertz CT molecular complexity index is 987. The normalized spacial score (nSPS) is 10.7. The number of aryl methyl sites for hydroxylation is 1. The van der Waals surface area contributed by atoms with Crippen molar-refractivity contribution in [3.8, 4) is 5.75 Å². The van der Waals surface area contributed by atoms with E-state index in [-0.39, 0.29) is 11.6 Å². The molecule has 27 heavy (non-hydrogen) atoms. The number of allylic oxidation sites excluding steroid dienone is 1. The smallest absolute Gasteiger partial charge is 0.343 e. The molecule has 0 atom stereocenters. The lowest BCUT2D eigenvalue weighted by molar-refractivity contribution is 0.0734. The monoisotopic (exact) mass is 360 g/mol. The van der Waals surface area contributed by atoms with Crippen LogP contribution in [0, 0.1) is 12.7 Å². The third kappa shape index (κ3) is 4.76. The lowest BCUT2D eigenvalue weighted by Gasteiger charge is -2.05. The van der Waals surface area contributed by atoms with Crippen LogP contribution in [0.2, 0.25) is 0 Å². The standard InChI is InChI=1S/C23H17FO3/c1-16-6-8-19(9-7-16)23(26)27-20-13-10-18(11-14-20)22(25)15-12-17-4-2-3-5-21(17)24/h2-15H,1H3. The van der Waals surface area contributed by atoms with Crippen LogP contribution in [0.1, 0.15) is 31.8 Å². The Hall–Kier alpha value is -3.53. The minimum Gasteiger partial charge on any atom is -0.423 e. The van der Waals surface area contributed by atoms with E-state index in [1.165, 1.54) is 18.2 Å². The molecule has 3 rings (SSSR count). The van der Waals surface area contributed by atoms with Crippen molar-refractivity contribution in [3.05, 3.63) is 107 Å². The fraction of sp³-hybridized carbons (Fsp3) is 0.0435. The van der Waals surface area contributed by atoms with Crippen molar-refractivity contribution in [1.82, 2.24) is 0 Å². The Morgan fingerprint density at radius 1 is 0.852 bits per heavy atom. The third-order valence-corrected chi connectivity index (χ3v) is 3.96. The average molecular weight is 360 g/mol. The van der Waals surface area contributed by atoms with Crippen LogP contribution in [0.4, 0.5) is 4.39 Å². The number of carbonyl (C=O) groups excluding carboxylic acids is 2. The molecule has 0 N–H and O–H groups in total. The third-order valence-electron chi connectivity index (χ3n) is 3.96. The average Bonchev–Trinajstić information content (AvgIpc) is 2.68. The summed E-state index contributed by atoms with van der Waals surface area (Å²) in [6.45, 7) is 1.94. The molecule has 0 spiro atoms. The van der Waals surface area contributed by atoms with Gasteiger partial charge in [-0.15, -0.1) is 0 Å². The van der Waals surface area contributed by atoms with E-state index in [9.17, 15) is 14.0 Å². The zero-order valence-corrected chi connectivity index (χ0v) is 14.7. The number of benzene rings is 3. The Kier molecular flexibility index (Phi) is 5.57. The fourth-order valence-corrected chi connectivity index (χ4v) is 2.41. The van der Waals surface area contributed by atoms with Crippen molar-refractivity contribution >= 4 is 17.8 Å². The van der Waals surface area contributed by atoms with Crippen LogP contribution in [0.15, 0.2) is 78.9 Å². The molecule has 0 heterocycles. The fourth-order valence-electron chi connectivity index (χ4n) is 2.41. The van der Waals surface area contributed by atoms with Crippen LogP contribution in [0.3, 0.4) is 0 Å². The summed E-state index contributed by atoms with van der Waals surface area (Å²) in [4.78, 5) is 24.3.